The van der Waals surface area contributed by atoms with E-state index in [1.54, 1.807) is 11.1 Å². The first-order valence-electron chi connectivity index (χ1n) is 6.20. The van der Waals surface area contributed by atoms with Gasteiger partial charge in [-0.25, -0.2) is 0 Å². The summed E-state index contributed by atoms with van der Waals surface area (Å²) < 4.78 is 5.75. The molecule has 2 aliphatic rings. The fourth-order valence-electron chi connectivity index (χ4n) is 3.06. The number of hydrogen-bond donors (Lipinski definition) is 0. The van der Waals surface area contributed by atoms with Crippen molar-refractivity contribution in [3.05, 3.63) is 23.3 Å². The quantitative estimate of drug-likeness (QED) is 0.623. The van der Waals surface area contributed by atoms with Crippen molar-refractivity contribution in [2.24, 2.45) is 5.92 Å². The third-order valence-electron chi connectivity index (χ3n) is 3.90. The van der Waals surface area contributed by atoms with Crippen molar-refractivity contribution in [2.75, 3.05) is 6.61 Å². The molecule has 0 radical (unpaired) electrons. The molecule has 15 heavy (non-hydrogen) atoms. The molecule has 1 saturated carbocycles. The summed E-state index contributed by atoms with van der Waals surface area (Å²) in [6.45, 7) is 9.48. The molecule has 0 aromatic rings. The summed E-state index contributed by atoms with van der Waals surface area (Å²) in [5.41, 5.74) is 4.72. The van der Waals surface area contributed by atoms with Crippen LogP contribution >= 0.6 is 0 Å². The molecule has 2 aliphatic carbocycles. The molecular weight excluding hydrogens is 184 g/mol. The first-order valence-corrected chi connectivity index (χ1v) is 6.20. The molecule has 0 saturated heterocycles. The minimum atomic E-state index is 0.424. The summed E-state index contributed by atoms with van der Waals surface area (Å²) >= 11 is 0. The van der Waals surface area contributed by atoms with E-state index < -0.39 is 0 Å². The molecule has 0 aliphatic heterocycles. The zero-order valence-electron chi connectivity index (χ0n) is 10.0. The Morgan fingerprint density at radius 2 is 2.13 bits per heavy atom. The van der Waals surface area contributed by atoms with E-state index in [2.05, 4.69) is 20.4 Å². The molecule has 1 fully saturated rings. The monoisotopic (exact) mass is 206 g/mol. The molecule has 1 nitrogen and oxygen atoms in total. The molecule has 0 amide bonds. The topological polar surface area (TPSA) is 9.23 Å². The summed E-state index contributed by atoms with van der Waals surface area (Å²) in [4.78, 5) is 0. The number of allylic oxidation sites excluding steroid dienone is 2. The van der Waals surface area contributed by atoms with Crippen molar-refractivity contribution in [1.82, 2.24) is 0 Å². The highest BCUT2D eigenvalue weighted by molar-refractivity contribution is 5.30. The summed E-state index contributed by atoms with van der Waals surface area (Å²) in [5, 5.41) is 0. The fraction of sp³-hybridized carbons (Fsp3) is 0.714. The van der Waals surface area contributed by atoms with Crippen LogP contribution in [0, 0.1) is 5.92 Å². The lowest BCUT2D eigenvalue weighted by atomic mass is 9.92. The van der Waals surface area contributed by atoms with Gasteiger partial charge < -0.3 is 4.74 Å². The van der Waals surface area contributed by atoms with Crippen LogP contribution in [0.1, 0.15) is 46.0 Å². The Morgan fingerprint density at radius 1 is 1.33 bits per heavy atom. The van der Waals surface area contributed by atoms with Crippen molar-refractivity contribution in [2.45, 2.75) is 52.1 Å². The zero-order valence-corrected chi connectivity index (χ0v) is 10.0. The minimum Gasteiger partial charge on any atom is -0.378 e. The van der Waals surface area contributed by atoms with Crippen molar-refractivity contribution >= 4 is 0 Å². The minimum absolute atomic E-state index is 0.424. The van der Waals surface area contributed by atoms with Crippen molar-refractivity contribution in [1.29, 1.82) is 0 Å². The first kappa shape index (κ1) is 10.9. The highest BCUT2D eigenvalue weighted by atomic mass is 16.5. The average molecular weight is 206 g/mol. The second-order valence-corrected chi connectivity index (χ2v) is 4.88. The zero-order chi connectivity index (χ0) is 10.8. The molecule has 2 atom stereocenters. The van der Waals surface area contributed by atoms with E-state index in [0.29, 0.717) is 12.0 Å². The Bertz CT molecular complexity index is 288. The summed E-state index contributed by atoms with van der Waals surface area (Å²) in [6.07, 6.45) is 6.52. The second-order valence-electron chi connectivity index (χ2n) is 4.88. The maximum atomic E-state index is 5.75. The Labute approximate surface area is 93.2 Å². The van der Waals surface area contributed by atoms with Crippen LogP contribution in [0.2, 0.25) is 0 Å². The third-order valence-corrected chi connectivity index (χ3v) is 3.90. The SMILES string of the molecule is C=C1CC(OCC)CCC2=C(C)CCC12. The molecule has 1 heteroatoms. The van der Waals surface area contributed by atoms with E-state index in [9.17, 15) is 0 Å². The van der Waals surface area contributed by atoms with Crippen LogP contribution in [0.5, 0.6) is 0 Å². The lowest BCUT2D eigenvalue weighted by Gasteiger charge is -2.16. The van der Waals surface area contributed by atoms with Gasteiger partial charge in [0.15, 0.2) is 0 Å². The van der Waals surface area contributed by atoms with Gasteiger partial charge in [-0.05, 0) is 46.0 Å². The molecule has 0 heterocycles. The van der Waals surface area contributed by atoms with Crippen LogP contribution in [0.4, 0.5) is 0 Å². The van der Waals surface area contributed by atoms with Gasteiger partial charge in [0.25, 0.3) is 0 Å². The van der Waals surface area contributed by atoms with Crippen LogP contribution in [0.25, 0.3) is 0 Å². The van der Waals surface area contributed by atoms with E-state index in [-0.39, 0.29) is 0 Å². The predicted octanol–water partition coefficient (Wildman–Crippen LogP) is 3.86. The molecule has 0 spiro atoms. The average Bonchev–Trinajstić information content (AvgIpc) is 2.48. The molecule has 0 aromatic carbocycles. The molecule has 0 N–H and O–H groups in total. The Morgan fingerprint density at radius 3 is 2.87 bits per heavy atom. The smallest absolute Gasteiger partial charge is 0.0615 e. The number of fused-ring (bicyclic) bond motifs is 1. The molecule has 0 bridgehead atoms. The largest absolute Gasteiger partial charge is 0.378 e. The third kappa shape index (κ3) is 2.17. The lowest BCUT2D eigenvalue weighted by molar-refractivity contribution is 0.0589. The van der Waals surface area contributed by atoms with Gasteiger partial charge in [0.2, 0.25) is 0 Å². The van der Waals surface area contributed by atoms with Crippen LogP contribution < -0.4 is 0 Å². The maximum Gasteiger partial charge on any atom is 0.0615 e. The maximum absolute atomic E-state index is 5.75. The van der Waals surface area contributed by atoms with Gasteiger partial charge in [-0.3, -0.25) is 0 Å². The lowest BCUT2D eigenvalue weighted by Crippen LogP contribution is -2.12. The predicted molar refractivity (Wildman–Crippen MR) is 63.8 cm³/mol. The highest BCUT2D eigenvalue weighted by Crippen LogP contribution is 2.43. The van der Waals surface area contributed by atoms with Crippen LogP contribution in [0.15, 0.2) is 23.3 Å². The van der Waals surface area contributed by atoms with Crippen molar-refractivity contribution in [3.8, 4) is 0 Å². The first-order chi connectivity index (χ1) is 7.22. The van der Waals surface area contributed by atoms with Gasteiger partial charge >= 0.3 is 0 Å². The number of ether oxygens (including phenoxy) is 1. The van der Waals surface area contributed by atoms with Crippen molar-refractivity contribution in [3.63, 3.8) is 0 Å². The Balaban J connectivity index is 2.11. The second kappa shape index (κ2) is 4.52. The van der Waals surface area contributed by atoms with E-state index in [1.165, 1.54) is 31.3 Å². The van der Waals surface area contributed by atoms with E-state index in [1.807, 2.05) is 0 Å². The molecule has 84 valence electrons. The van der Waals surface area contributed by atoms with Crippen LogP contribution in [-0.4, -0.2) is 12.7 Å². The normalized spacial score (nSPS) is 31.7. The van der Waals surface area contributed by atoms with Crippen LogP contribution in [-0.2, 0) is 4.74 Å². The van der Waals surface area contributed by atoms with Gasteiger partial charge in [-0.15, -0.1) is 0 Å². The molecule has 0 aromatic heterocycles. The molecular formula is C14H22O. The van der Waals surface area contributed by atoms with Crippen molar-refractivity contribution < 1.29 is 4.74 Å². The van der Waals surface area contributed by atoms with Gasteiger partial charge in [0, 0.05) is 12.5 Å². The summed E-state index contributed by atoms with van der Waals surface area (Å²) in [5.74, 6) is 0.690. The van der Waals surface area contributed by atoms with Gasteiger partial charge in [0.05, 0.1) is 6.10 Å². The van der Waals surface area contributed by atoms with Gasteiger partial charge in [-0.1, -0.05) is 23.3 Å². The summed E-state index contributed by atoms with van der Waals surface area (Å²) in [6, 6.07) is 0. The standard InChI is InChI=1S/C14H22O/c1-4-15-12-6-8-13-10(2)5-7-14(13)11(3)9-12/h12,14H,3-9H2,1-2H3. The summed E-state index contributed by atoms with van der Waals surface area (Å²) in [7, 11) is 0. The number of rotatable bonds is 2. The van der Waals surface area contributed by atoms with Crippen LogP contribution in [0.3, 0.4) is 0 Å². The molecule has 2 unspecified atom stereocenters. The highest BCUT2D eigenvalue weighted by Gasteiger charge is 2.30. The Hall–Kier alpha value is -0.560. The Kier molecular flexibility index (Phi) is 3.30. The van der Waals surface area contributed by atoms with E-state index in [0.717, 1.165) is 13.0 Å². The van der Waals surface area contributed by atoms with E-state index >= 15 is 0 Å². The van der Waals surface area contributed by atoms with Gasteiger partial charge in [0.1, 0.15) is 0 Å². The number of hydrogen-bond acceptors (Lipinski definition) is 1. The molecule has 2 rings (SSSR count). The van der Waals surface area contributed by atoms with E-state index in [4.69, 9.17) is 4.74 Å². The fourth-order valence-corrected chi connectivity index (χ4v) is 3.06. The van der Waals surface area contributed by atoms with Gasteiger partial charge in [-0.2, -0.15) is 0 Å².